The fourth-order valence-electron chi connectivity index (χ4n) is 2.67. The van der Waals surface area contributed by atoms with Gasteiger partial charge in [0, 0.05) is 12.1 Å². The van der Waals surface area contributed by atoms with E-state index in [9.17, 15) is 17.6 Å². The number of nitrogens with one attached hydrogen (secondary N) is 2. The summed E-state index contributed by atoms with van der Waals surface area (Å²) in [5, 5.41) is 2.63. The molecule has 0 aliphatic rings. The van der Waals surface area contributed by atoms with Gasteiger partial charge in [-0.1, -0.05) is 30.3 Å². The van der Waals surface area contributed by atoms with E-state index in [-0.39, 0.29) is 11.4 Å². The van der Waals surface area contributed by atoms with Gasteiger partial charge in [0.2, 0.25) is 15.9 Å². The minimum absolute atomic E-state index is 0.00747. The van der Waals surface area contributed by atoms with Crippen molar-refractivity contribution >= 4 is 27.7 Å². The van der Waals surface area contributed by atoms with Crippen molar-refractivity contribution in [1.29, 1.82) is 0 Å². The van der Waals surface area contributed by atoms with Crippen molar-refractivity contribution in [2.75, 3.05) is 12.0 Å². The molecule has 0 saturated heterocycles. The van der Waals surface area contributed by atoms with Crippen LogP contribution in [0.4, 0.5) is 4.39 Å². The number of halogens is 1. The van der Waals surface area contributed by atoms with Gasteiger partial charge in [0.05, 0.1) is 4.90 Å². The van der Waals surface area contributed by atoms with Crippen LogP contribution in [0.25, 0.3) is 0 Å². The third-order valence-corrected chi connectivity index (χ3v) is 6.53. The Kier molecular flexibility index (Phi) is 8.03. The van der Waals surface area contributed by atoms with Gasteiger partial charge in [0.1, 0.15) is 11.9 Å². The van der Waals surface area contributed by atoms with E-state index in [0.29, 0.717) is 23.3 Å². The third-order valence-electron chi connectivity index (χ3n) is 4.27. The number of rotatable bonds is 9. The van der Waals surface area contributed by atoms with Crippen molar-refractivity contribution in [3.8, 4) is 0 Å². The third kappa shape index (κ3) is 6.05. The van der Waals surface area contributed by atoms with Crippen LogP contribution in [0.3, 0.4) is 0 Å². The fraction of sp³-hybridized carbons (Fsp3) is 0.350. The molecule has 0 radical (unpaired) electrons. The number of aryl methyl sites for hydroxylation is 2. The molecule has 5 nitrogen and oxygen atoms in total. The van der Waals surface area contributed by atoms with E-state index in [1.807, 2.05) is 19.2 Å². The van der Waals surface area contributed by atoms with Crippen LogP contribution in [0.15, 0.2) is 47.4 Å². The summed E-state index contributed by atoms with van der Waals surface area (Å²) in [4.78, 5) is 12.8. The Labute approximate surface area is 170 Å². The van der Waals surface area contributed by atoms with Crippen molar-refractivity contribution in [2.24, 2.45) is 0 Å². The molecule has 0 unspecified atom stereocenters. The second-order valence-electron chi connectivity index (χ2n) is 6.53. The van der Waals surface area contributed by atoms with Crippen LogP contribution in [0, 0.1) is 19.7 Å². The zero-order chi connectivity index (χ0) is 20.7. The minimum Gasteiger partial charge on any atom is -0.351 e. The highest BCUT2D eigenvalue weighted by Gasteiger charge is 2.26. The zero-order valence-corrected chi connectivity index (χ0v) is 17.8. The highest BCUT2D eigenvalue weighted by molar-refractivity contribution is 7.98. The lowest BCUT2D eigenvalue weighted by molar-refractivity contribution is -0.122. The molecule has 1 amide bonds. The first-order valence-corrected chi connectivity index (χ1v) is 11.7. The summed E-state index contributed by atoms with van der Waals surface area (Å²) in [6.07, 6.45) is 2.21. The summed E-state index contributed by atoms with van der Waals surface area (Å²) in [5.41, 5.74) is 1.76. The van der Waals surface area contributed by atoms with E-state index in [1.165, 1.54) is 17.8 Å². The van der Waals surface area contributed by atoms with Gasteiger partial charge < -0.3 is 5.32 Å². The molecule has 2 N–H and O–H groups in total. The molecule has 8 heteroatoms. The number of amides is 1. The summed E-state index contributed by atoms with van der Waals surface area (Å²) < 4.78 is 42.0. The molecule has 0 fully saturated rings. The van der Waals surface area contributed by atoms with E-state index in [4.69, 9.17) is 0 Å². The molecule has 152 valence electrons. The van der Waals surface area contributed by atoms with Crippen LogP contribution in [-0.4, -0.2) is 32.4 Å². The zero-order valence-electron chi connectivity index (χ0n) is 16.2. The topological polar surface area (TPSA) is 75.3 Å². The SMILES string of the molecule is CSCC[C@@H](NS(=O)(=O)c1cc(C)ccc1C)C(=O)NCc1ccccc1F. The maximum Gasteiger partial charge on any atom is 0.241 e. The number of benzene rings is 2. The standard InChI is InChI=1S/C20H25FN2O3S2/c1-14-8-9-15(2)19(12-14)28(25,26)23-18(10-11-27-3)20(24)22-13-16-6-4-5-7-17(16)21/h4-9,12,18,23H,10-11,13H2,1-3H3,(H,22,24)/t18-/m1/s1. The Bertz CT molecular complexity index is 933. The number of hydrogen-bond donors (Lipinski definition) is 2. The Hall–Kier alpha value is -1.90. The van der Waals surface area contributed by atoms with Crippen molar-refractivity contribution in [2.45, 2.75) is 37.8 Å². The molecule has 0 spiro atoms. The number of hydrogen-bond acceptors (Lipinski definition) is 4. The average molecular weight is 425 g/mol. The molecular weight excluding hydrogens is 399 g/mol. The van der Waals surface area contributed by atoms with Crippen LogP contribution in [0.2, 0.25) is 0 Å². The molecule has 0 aromatic heterocycles. The van der Waals surface area contributed by atoms with Gasteiger partial charge >= 0.3 is 0 Å². The van der Waals surface area contributed by atoms with Crippen LogP contribution in [0.1, 0.15) is 23.1 Å². The molecule has 2 aromatic carbocycles. The highest BCUT2D eigenvalue weighted by atomic mass is 32.2. The van der Waals surface area contributed by atoms with Crippen molar-refractivity contribution < 1.29 is 17.6 Å². The maximum atomic E-state index is 13.8. The molecule has 0 heterocycles. The predicted octanol–water partition coefficient (Wildman–Crippen LogP) is 3.16. The summed E-state index contributed by atoms with van der Waals surface area (Å²) in [5.74, 6) is -0.293. The summed E-state index contributed by atoms with van der Waals surface area (Å²) in [7, 11) is -3.87. The molecular formula is C20H25FN2O3S2. The van der Waals surface area contributed by atoms with E-state index in [2.05, 4.69) is 10.0 Å². The highest BCUT2D eigenvalue weighted by Crippen LogP contribution is 2.18. The molecule has 0 saturated carbocycles. The monoisotopic (exact) mass is 424 g/mol. The lowest BCUT2D eigenvalue weighted by Crippen LogP contribution is -2.47. The lowest BCUT2D eigenvalue weighted by atomic mass is 10.2. The molecule has 0 aliphatic carbocycles. The van der Waals surface area contributed by atoms with Crippen LogP contribution < -0.4 is 10.0 Å². The van der Waals surface area contributed by atoms with Gasteiger partial charge in [-0.15, -0.1) is 0 Å². The van der Waals surface area contributed by atoms with Gasteiger partial charge in [-0.2, -0.15) is 16.5 Å². The first kappa shape index (κ1) is 22.4. The van der Waals surface area contributed by atoms with Crippen LogP contribution in [0.5, 0.6) is 0 Å². The maximum absolute atomic E-state index is 13.8. The summed E-state index contributed by atoms with van der Waals surface area (Å²) in [6, 6.07) is 10.4. The van der Waals surface area contributed by atoms with Gasteiger partial charge in [-0.05, 0) is 55.5 Å². The Morgan fingerprint density at radius 2 is 1.89 bits per heavy atom. The second kappa shape index (κ2) is 10.0. The van der Waals surface area contributed by atoms with E-state index in [0.717, 1.165) is 5.56 Å². The largest absolute Gasteiger partial charge is 0.351 e. The van der Waals surface area contributed by atoms with Gasteiger partial charge in [0.25, 0.3) is 0 Å². The lowest BCUT2D eigenvalue weighted by Gasteiger charge is -2.19. The van der Waals surface area contributed by atoms with Crippen molar-refractivity contribution in [1.82, 2.24) is 10.0 Å². The smallest absolute Gasteiger partial charge is 0.241 e. The molecule has 1 atom stereocenters. The normalized spacial score (nSPS) is 12.6. The van der Waals surface area contributed by atoms with E-state index in [1.54, 1.807) is 37.3 Å². The predicted molar refractivity (Wildman–Crippen MR) is 111 cm³/mol. The number of carbonyl (C=O) groups excluding carboxylic acids is 1. The molecule has 28 heavy (non-hydrogen) atoms. The summed E-state index contributed by atoms with van der Waals surface area (Å²) >= 11 is 1.52. The molecule has 2 aromatic rings. The van der Waals surface area contributed by atoms with Gasteiger partial charge in [-0.3, -0.25) is 4.79 Å². The van der Waals surface area contributed by atoms with Gasteiger partial charge in [0.15, 0.2) is 0 Å². The van der Waals surface area contributed by atoms with Crippen LogP contribution >= 0.6 is 11.8 Å². The minimum atomic E-state index is -3.87. The number of sulfonamides is 1. The quantitative estimate of drug-likeness (QED) is 0.648. The Morgan fingerprint density at radius 3 is 2.57 bits per heavy atom. The van der Waals surface area contributed by atoms with Crippen molar-refractivity contribution in [3.05, 3.63) is 65.0 Å². The van der Waals surface area contributed by atoms with Crippen molar-refractivity contribution in [3.63, 3.8) is 0 Å². The summed E-state index contributed by atoms with van der Waals surface area (Å²) in [6.45, 7) is 3.51. The molecule has 0 bridgehead atoms. The Morgan fingerprint density at radius 1 is 1.18 bits per heavy atom. The van der Waals surface area contributed by atoms with E-state index >= 15 is 0 Å². The Balaban J connectivity index is 2.16. The number of thioether (sulfide) groups is 1. The second-order valence-corrected chi connectivity index (χ2v) is 9.20. The van der Waals surface area contributed by atoms with Crippen LogP contribution in [-0.2, 0) is 21.4 Å². The first-order valence-electron chi connectivity index (χ1n) is 8.84. The first-order chi connectivity index (χ1) is 13.2. The molecule has 2 rings (SSSR count). The fourth-order valence-corrected chi connectivity index (χ4v) is 4.70. The average Bonchev–Trinajstić information content (AvgIpc) is 2.66. The van der Waals surface area contributed by atoms with Gasteiger partial charge in [-0.25, -0.2) is 12.8 Å². The number of carbonyl (C=O) groups is 1. The molecule has 0 aliphatic heterocycles. The van der Waals surface area contributed by atoms with E-state index < -0.39 is 27.8 Å².